The zero-order valence-corrected chi connectivity index (χ0v) is 12.4. The fraction of sp³-hybridized carbons (Fsp3) is 0.125. The van der Waals surface area contributed by atoms with Gasteiger partial charge in [0.05, 0.1) is 0 Å². The Morgan fingerprint density at radius 2 is 1.76 bits per heavy atom. The van der Waals surface area contributed by atoms with Gasteiger partial charge in [-0.05, 0) is 48.5 Å². The molecule has 0 heterocycles. The summed E-state index contributed by atoms with van der Waals surface area (Å²) in [4.78, 5) is 25.4. The largest absolute Gasteiger partial charge is 0.345 e. The maximum atomic E-state index is 12.1. The van der Waals surface area contributed by atoms with Gasteiger partial charge in [-0.3, -0.25) is 9.59 Å². The summed E-state index contributed by atoms with van der Waals surface area (Å²) in [5.74, 6) is -0.414. The maximum absolute atomic E-state index is 12.1. The summed E-state index contributed by atoms with van der Waals surface area (Å²) < 4.78 is 0. The number of anilines is 1. The van der Waals surface area contributed by atoms with E-state index in [1.807, 2.05) is 0 Å². The number of carbonyl (C=O) groups excluding carboxylic acids is 2. The minimum Gasteiger partial charge on any atom is -0.345 e. The maximum Gasteiger partial charge on any atom is 0.255 e. The van der Waals surface area contributed by atoms with E-state index in [1.165, 1.54) is 4.90 Å². The number of carbonyl (C=O) groups is 2. The van der Waals surface area contributed by atoms with Crippen molar-refractivity contribution in [1.29, 1.82) is 0 Å². The molecule has 2 aromatic carbocycles. The SMILES string of the molecule is CN(C)C(=O)c1c[c]cc(NC(=O)c2ccc(Cl)cc2)c1. The molecule has 0 aliphatic heterocycles. The number of hydrogen-bond acceptors (Lipinski definition) is 2. The highest BCUT2D eigenvalue weighted by Gasteiger charge is 2.10. The first kappa shape index (κ1) is 15.1. The quantitative estimate of drug-likeness (QED) is 0.947. The third-order valence-corrected chi connectivity index (χ3v) is 3.06. The number of halogens is 1. The molecule has 2 amide bonds. The van der Waals surface area contributed by atoms with Crippen molar-refractivity contribution in [3.8, 4) is 0 Å². The summed E-state index contributed by atoms with van der Waals surface area (Å²) in [7, 11) is 3.34. The van der Waals surface area contributed by atoms with Crippen LogP contribution in [-0.2, 0) is 0 Å². The molecule has 0 unspecified atom stereocenters. The van der Waals surface area contributed by atoms with Crippen molar-refractivity contribution >= 4 is 29.1 Å². The standard InChI is InChI=1S/C16H14ClN2O2/c1-19(2)16(21)12-4-3-5-14(10-12)18-15(20)11-6-8-13(17)9-7-11/h4-10H,1-2H3,(H,18,20). The average Bonchev–Trinajstić information content (AvgIpc) is 2.47. The lowest BCUT2D eigenvalue weighted by Gasteiger charge is -2.11. The zero-order chi connectivity index (χ0) is 15.4. The Kier molecular flexibility index (Phi) is 4.60. The van der Waals surface area contributed by atoms with Gasteiger partial charge < -0.3 is 10.2 Å². The predicted octanol–water partition coefficient (Wildman–Crippen LogP) is 3.09. The van der Waals surface area contributed by atoms with Crippen LogP contribution in [0.25, 0.3) is 0 Å². The van der Waals surface area contributed by atoms with Crippen LogP contribution in [-0.4, -0.2) is 30.8 Å². The number of amides is 2. The number of nitrogens with zero attached hydrogens (tertiary/aromatic N) is 1. The molecule has 0 saturated heterocycles. The Hall–Kier alpha value is -2.33. The van der Waals surface area contributed by atoms with E-state index < -0.39 is 0 Å². The molecule has 1 radical (unpaired) electrons. The molecule has 0 atom stereocenters. The molecule has 0 aliphatic rings. The molecule has 2 rings (SSSR count). The molecule has 5 heteroatoms. The Morgan fingerprint density at radius 1 is 1.10 bits per heavy atom. The molecule has 0 aliphatic carbocycles. The van der Waals surface area contributed by atoms with E-state index in [4.69, 9.17) is 11.6 Å². The Labute approximate surface area is 128 Å². The van der Waals surface area contributed by atoms with E-state index in [9.17, 15) is 9.59 Å². The molecule has 21 heavy (non-hydrogen) atoms. The van der Waals surface area contributed by atoms with Crippen LogP contribution < -0.4 is 5.32 Å². The van der Waals surface area contributed by atoms with Crippen molar-refractivity contribution in [2.75, 3.05) is 19.4 Å². The minimum atomic E-state index is -0.269. The number of benzene rings is 2. The normalized spacial score (nSPS) is 10.0. The van der Waals surface area contributed by atoms with Gasteiger partial charge >= 0.3 is 0 Å². The monoisotopic (exact) mass is 301 g/mol. The topological polar surface area (TPSA) is 49.4 Å². The van der Waals surface area contributed by atoms with Gasteiger partial charge in [0.2, 0.25) is 0 Å². The number of nitrogens with one attached hydrogen (secondary N) is 1. The molecule has 0 aromatic heterocycles. The molecule has 4 nitrogen and oxygen atoms in total. The third kappa shape index (κ3) is 3.83. The fourth-order valence-electron chi connectivity index (χ4n) is 1.73. The van der Waals surface area contributed by atoms with E-state index in [1.54, 1.807) is 56.6 Å². The highest BCUT2D eigenvalue weighted by Crippen LogP contribution is 2.14. The molecular weight excluding hydrogens is 288 g/mol. The zero-order valence-electron chi connectivity index (χ0n) is 11.7. The van der Waals surface area contributed by atoms with Crippen LogP contribution >= 0.6 is 11.6 Å². The molecule has 0 bridgehead atoms. The molecular formula is C16H14ClN2O2. The highest BCUT2D eigenvalue weighted by molar-refractivity contribution is 6.30. The first-order valence-corrected chi connectivity index (χ1v) is 6.65. The lowest BCUT2D eigenvalue weighted by molar-refractivity contribution is 0.0827. The van der Waals surface area contributed by atoms with E-state index in [0.717, 1.165) is 0 Å². The molecule has 0 fully saturated rings. The molecule has 0 saturated carbocycles. The van der Waals surface area contributed by atoms with E-state index >= 15 is 0 Å². The molecule has 1 N–H and O–H groups in total. The van der Waals surface area contributed by atoms with Crippen molar-refractivity contribution in [3.63, 3.8) is 0 Å². The third-order valence-electron chi connectivity index (χ3n) is 2.81. The number of hydrogen-bond donors (Lipinski definition) is 1. The summed E-state index contributed by atoms with van der Waals surface area (Å²) >= 11 is 5.78. The number of rotatable bonds is 3. The lowest BCUT2D eigenvalue weighted by atomic mass is 10.1. The van der Waals surface area contributed by atoms with Crippen LogP contribution in [0, 0.1) is 6.07 Å². The Balaban J connectivity index is 2.16. The Bertz CT molecular complexity index is 666. The Morgan fingerprint density at radius 3 is 2.38 bits per heavy atom. The summed E-state index contributed by atoms with van der Waals surface area (Å²) in [5.41, 5.74) is 1.47. The van der Waals surface area contributed by atoms with Crippen LogP contribution in [0.5, 0.6) is 0 Å². The molecule has 107 valence electrons. The van der Waals surface area contributed by atoms with E-state index in [0.29, 0.717) is 21.8 Å². The van der Waals surface area contributed by atoms with Crippen molar-refractivity contribution in [3.05, 3.63) is 64.7 Å². The molecule has 2 aromatic rings. The average molecular weight is 302 g/mol. The van der Waals surface area contributed by atoms with Crippen molar-refractivity contribution in [2.24, 2.45) is 0 Å². The first-order valence-electron chi connectivity index (χ1n) is 6.27. The van der Waals surface area contributed by atoms with Crippen molar-refractivity contribution in [1.82, 2.24) is 4.90 Å². The smallest absolute Gasteiger partial charge is 0.255 e. The van der Waals surface area contributed by atoms with Gasteiger partial charge in [-0.25, -0.2) is 0 Å². The van der Waals surface area contributed by atoms with Gasteiger partial charge in [0.15, 0.2) is 0 Å². The second-order valence-electron chi connectivity index (χ2n) is 4.67. The predicted molar refractivity (Wildman–Crippen MR) is 82.7 cm³/mol. The highest BCUT2D eigenvalue weighted by atomic mass is 35.5. The minimum absolute atomic E-state index is 0.145. The van der Waals surface area contributed by atoms with Crippen LogP contribution in [0.15, 0.2) is 42.5 Å². The van der Waals surface area contributed by atoms with Gasteiger partial charge in [-0.2, -0.15) is 0 Å². The van der Waals surface area contributed by atoms with Gasteiger partial charge in [0.1, 0.15) is 0 Å². The van der Waals surface area contributed by atoms with Crippen LogP contribution in [0.3, 0.4) is 0 Å². The molecule has 0 spiro atoms. The van der Waals surface area contributed by atoms with E-state index in [2.05, 4.69) is 11.4 Å². The van der Waals surface area contributed by atoms with E-state index in [-0.39, 0.29) is 11.8 Å². The second kappa shape index (κ2) is 6.41. The summed E-state index contributed by atoms with van der Waals surface area (Å²) in [6.07, 6.45) is 0. The summed E-state index contributed by atoms with van der Waals surface area (Å²) in [6, 6.07) is 14.2. The first-order chi connectivity index (χ1) is 9.97. The second-order valence-corrected chi connectivity index (χ2v) is 5.11. The van der Waals surface area contributed by atoms with Gasteiger partial charge in [0, 0.05) is 35.9 Å². The van der Waals surface area contributed by atoms with Gasteiger partial charge in [-0.1, -0.05) is 11.6 Å². The van der Waals surface area contributed by atoms with Crippen molar-refractivity contribution in [2.45, 2.75) is 0 Å². The van der Waals surface area contributed by atoms with Crippen LogP contribution in [0.1, 0.15) is 20.7 Å². The van der Waals surface area contributed by atoms with Crippen LogP contribution in [0.4, 0.5) is 5.69 Å². The van der Waals surface area contributed by atoms with Gasteiger partial charge in [-0.15, -0.1) is 0 Å². The van der Waals surface area contributed by atoms with Crippen LogP contribution in [0.2, 0.25) is 5.02 Å². The summed E-state index contributed by atoms with van der Waals surface area (Å²) in [5, 5.41) is 3.30. The van der Waals surface area contributed by atoms with Crippen molar-refractivity contribution < 1.29 is 9.59 Å². The summed E-state index contributed by atoms with van der Waals surface area (Å²) in [6.45, 7) is 0. The lowest BCUT2D eigenvalue weighted by Crippen LogP contribution is -2.22. The van der Waals surface area contributed by atoms with Gasteiger partial charge in [0.25, 0.3) is 11.8 Å². The fourth-order valence-corrected chi connectivity index (χ4v) is 1.86.